The third kappa shape index (κ3) is 3.75. The van der Waals surface area contributed by atoms with Crippen molar-refractivity contribution in [2.45, 2.75) is 32.4 Å². The average molecular weight is 436 g/mol. The fourth-order valence-electron chi connectivity index (χ4n) is 3.74. The molecule has 11 heteroatoms. The number of primary amides is 1. The molecule has 1 fully saturated rings. The summed E-state index contributed by atoms with van der Waals surface area (Å²) >= 11 is 0. The van der Waals surface area contributed by atoms with Crippen LogP contribution in [-0.2, 0) is 22.5 Å². The van der Waals surface area contributed by atoms with Crippen LogP contribution in [0.15, 0.2) is 18.3 Å². The zero-order valence-electron chi connectivity index (χ0n) is 17.0. The van der Waals surface area contributed by atoms with Crippen LogP contribution in [0.1, 0.15) is 12.5 Å². The minimum Gasteiger partial charge on any atom is -0.496 e. The SMILES string of the molecule is COc1cc(C[C@@H](C)C(N)=O)cc2c1-c1nc(N3C(=O)OC[C@H]3C(F)F)cn1CCO2. The molecule has 2 N–H and O–H groups in total. The van der Waals surface area contributed by atoms with Gasteiger partial charge in [0.05, 0.1) is 13.7 Å². The van der Waals surface area contributed by atoms with Crippen molar-refractivity contribution in [2.75, 3.05) is 25.2 Å². The van der Waals surface area contributed by atoms with Crippen LogP contribution in [0.2, 0.25) is 0 Å². The van der Waals surface area contributed by atoms with E-state index in [0.29, 0.717) is 35.9 Å². The summed E-state index contributed by atoms with van der Waals surface area (Å²) in [4.78, 5) is 28.9. The number of hydrogen-bond donors (Lipinski definition) is 1. The van der Waals surface area contributed by atoms with Crippen molar-refractivity contribution in [3.05, 3.63) is 23.9 Å². The van der Waals surface area contributed by atoms with E-state index >= 15 is 0 Å². The molecule has 3 heterocycles. The highest BCUT2D eigenvalue weighted by Crippen LogP contribution is 2.42. The van der Waals surface area contributed by atoms with Gasteiger partial charge in [0.2, 0.25) is 5.91 Å². The van der Waals surface area contributed by atoms with Gasteiger partial charge in [-0.1, -0.05) is 6.92 Å². The molecule has 0 radical (unpaired) electrons. The van der Waals surface area contributed by atoms with Gasteiger partial charge in [0, 0.05) is 12.1 Å². The summed E-state index contributed by atoms with van der Waals surface area (Å²) in [5.41, 5.74) is 6.70. The number of rotatable bonds is 6. The number of halogens is 2. The Labute approximate surface area is 176 Å². The summed E-state index contributed by atoms with van der Waals surface area (Å²) in [6.07, 6.45) is -1.71. The number of alkyl halides is 2. The van der Waals surface area contributed by atoms with Crippen LogP contribution in [0.25, 0.3) is 11.4 Å². The number of ether oxygens (including phenoxy) is 3. The van der Waals surface area contributed by atoms with E-state index < -0.39 is 31.1 Å². The molecule has 0 spiro atoms. The molecule has 4 rings (SSSR count). The Bertz CT molecular complexity index is 1030. The van der Waals surface area contributed by atoms with Crippen molar-refractivity contribution in [2.24, 2.45) is 11.7 Å². The lowest BCUT2D eigenvalue weighted by atomic mass is 9.98. The topological polar surface area (TPSA) is 109 Å². The lowest BCUT2D eigenvalue weighted by molar-refractivity contribution is -0.121. The van der Waals surface area contributed by atoms with Crippen molar-refractivity contribution in [3.63, 3.8) is 0 Å². The number of amides is 2. The number of aromatic nitrogens is 2. The molecule has 31 heavy (non-hydrogen) atoms. The summed E-state index contributed by atoms with van der Waals surface area (Å²) in [7, 11) is 1.49. The van der Waals surface area contributed by atoms with E-state index in [1.165, 1.54) is 13.3 Å². The first-order valence-corrected chi connectivity index (χ1v) is 9.74. The monoisotopic (exact) mass is 436 g/mol. The maximum Gasteiger partial charge on any atom is 0.416 e. The van der Waals surface area contributed by atoms with E-state index in [1.54, 1.807) is 23.6 Å². The van der Waals surface area contributed by atoms with Gasteiger partial charge in [-0.2, -0.15) is 0 Å². The largest absolute Gasteiger partial charge is 0.496 e. The molecule has 2 aromatic rings. The number of benzene rings is 1. The van der Waals surface area contributed by atoms with E-state index in [0.717, 1.165) is 10.5 Å². The highest BCUT2D eigenvalue weighted by Gasteiger charge is 2.42. The first-order valence-electron chi connectivity index (χ1n) is 9.74. The Morgan fingerprint density at radius 1 is 1.39 bits per heavy atom. The number of anilines is 1. The van der Waals surface area contributed by atoms with Gasteiger partial charge >= 0.3 is 6.09 Å². The summed E-state index contributed by atoms with van der Waals surface area (Å²) in [5.74, 6) is 0.622. The van der Waals surface area contributed by atoms with Gasteiger partial charge in [-0.15, -0.1) is 0 Å². The molecule has 0 aliphatic carbocycles. The molecule has 0 bridgehead atoms. The smallest absolute Gasteiger partial charge is 0.416 e. The van der Waals surface area contributed by atoms with Gasteiger partial charge in [-0.3, -0.25) is 4.79 Å². The highest BCUT2D eigenvalue weighted by atomic mass is 19.3. The minimum atomic E-state index is -2.77. The van der Waals surface area contributed by atoms with Gasteiger partial charge < -0.3 is 24.5 Å². The molecule has 0 saturated carbocycles. The average Bonchev–Trinajstić information content (AvgIpc) is 3.26. The number of hydrogen-bond acceptors (Lipinski definition) is 6. The summed E-state index contributed by atoms with van der Waals surface area (Å²) in [5, 5.41) is 0. The number of cyclic esters (lactones) is 1. The predicted octanol–water partition coefficient (Wildman–Crippen LogP) is 2.21. The standard InChI is InChI=1S/C20H22F2N4O5/c1-10(18(23)27)5-11-6-13(29-2)16-14(7-11)30-4-3-25-8-15(24-19(16)25)26-12(17(21)22)9-31-20(26)28/h6-8,10,12,17H,3-5,9H2,1-2H3,(H2,23,27)/t10-,12+/m1/s1. The molecule has 2 amide bonds. The molecule has 0 unspecified atom stereocenters. The Morgan fingerprint density at radius 3 is 2.84 bits per heavy atom. The molecule has 2 aliphatic heterocycles. The number of nitrogens with two attached hydrogens (primary N) is 1. The molecular formula is C20H22F2N4O5. The van der Waals surface area contributed by atoms with Crippen molar-refractivity contribution in [1.82, 2.24) is 9.55 Å². The zero-order valence-corrected chi connectivity index (χ0v) is 17.0. The minimum absolute atomic E-state index is 0.0733. The van der Waals surface area contributed by atoms with Crippen molar-refractivity contribution >= 4 is 17.8 Å². The molecule has 9 nitrogen and oxygen atoms in total. The molecule has 1 saturated heterocycles. The van der Waals surface area contributed by atoms with Crippen LogP contribution >= 0.6 is 0 Å². The number of carbonyl (C=O) groups excluding carboxylic acids is 2. The summed E-state index contributed by atoms with van der Waals surface area (Å²) in [6, 6.07) is 2.15. The number of fused-ring (bicyclic) bond motifs is 3. The Balaban J connectivity index is 1.77. The molecule has 166 valence electrons. The molecule has 2 aliphatic rings. The second kappa shape index (κ2) is 8.05. The van der Waals surface area contributed by atoms with Gasteiger partial charge in [0.15, 0.2) is 5.82 Å². The molecular weight excluding hydrogens is 414 g/mol. The third-order valence-corrected chi connectivity index (χ3v) is 5.39. The number of carbonyl (C=O) groups is 2. The summed E-state index contributed by atoms with van der Waals surface area (Å²) < 4.78 is 44.7. The maximum absolute atomic E-state index is 13.4. The lowest BCUT2D eigenvalue weighted by Gasteiger charge is -2.18. The van der Waals surface area contributed by atoms with Gasteiger partial charge in [-0.05, 0) is 24.1 Å². The van der Waals surface area contributed by atoms with E-state index in [-0.39, 0.29) is 18.3 Å². The van der Waals surface area contributed by atoms with Crippen molar-refractivity contribution < 1.29 is 32.6 Å². The molecule has 1 aromatic carbocycles. The van der Waals surface area contributed by atoms with E-state index in [9.17, 15) is 18.4 Å². The van der Waals surface area contributed by atoms with Crippen LogP contribution in [0.3, 0.4) is 0 Å². The second-order valence-corrected chi connectivity index (χ2v) is 7.49. The number of imidazole rings is 1. The van der Waals surface area contributed by atoms with Crippen LogP contribution in [0, 0.1) is 5.92 Å². The van der Waals surface area contributed by atoms with Crippen LogP contribution in [-0.4, -0.2) is 54.3 Å². The number of nitrogens with zero attached hydrogens (tertiary/aromatic N) is 3. The van der Waals surface area contributed by atoms with Gasteiger partial charge in [-0.25, -0.2) is 23.5 Å². The highest BCUT2D eigenvalue weighted by molar-refractivity contribution is 5.90. The Morgan fingerprint density at radius 2 is 2.16 bits per heavy atom. The van der Waals surface area contributed by atoms with Crippen LogP contribution in [0.5, 0.6) is 11.5 Å². The van der Waals surface area contributed by atoms with E-state index in [2.05, 4.69) is 4.98 Å². The zero-order chi connectivity index (χ0) is 22.3. The maximum atomic E-state index is 13.4. The predicted molar refractivity (Wildman–Crippen MR) is 105 cm³/mol. The molecule has 1 aromatic heterocycles. The fraction of sp³-hybridized carbons (Fsp3) is 0.450. The first kappa shape index (κ1) is 20.9. The Hall–Kier alpha value is -3.37. The fourth-order valence-corrected chi connectivity index (χ4v) is 3.74. The van der Waals surface area contributed by atoms with Crippen molar-refractivity contribution in [1.29, 1.82) is 0 Å². The van der Waals surface area contributed by atoms with Gasteiger partial charge in [0.1, 0.15) is 42.1 Å². The summed E-state index contributed by atoms with van der Waals surface area (Å²) in [6.45, 7) is 2.00. The molecule has 2 atom stereocenters. The second-order valence-electron chi connectivity index (χ2n) is 7.49. The Kier molecular flexibility index (Phi) is 5.42. The van der Waals surface area contributed by atoms with E-state index in [1.807, 2.05) is 0 Å². The first-order chi connectivity index (χ1) is 14.8. The van der Waals surface area contributed by atoms with Crippen molar-refractivity contribution in [3.8, 4) is 22.9 Å². The quantitative estimate of drug-likeness (QED) is 0.744. The normalized spacial score (nSPS) is 18.7. The van der Waals surface area contributed by atoms with Gasteiger partial charge in [0.25, 0.3) is 6.43 Å². The lowest BCUT2D eigenvalue weighted by Crippen LogP contribution is -2.38. The third-order valence-electron chi connectivity index (χ3n) is 5.39. The van der Waals surface area contributed by atoms with Crippen LogP contribution in [0.4, 0.5) is 19.4 Å². The number of methoxy groups -OCH3 is 1. The van der Waals surface area contributed by atoms with Crippen LogP contribution < -0.4 is 20.1 Å². The van der Waals surface area contributed by atoms with E-state index in [4.69, 9.17) is 19.9 Å².